The summed E-state index contributed by atoms with van der Waals surface area (Å²) in [5.41, 5.74) is 1.62. The molecule has 0 aliphatic rings. The summed E-state index contributed by atoms with van der Waals surface area (Å²) in [5.74, 6) is 0.876. The number of halogens is 2. The van der Waals surface area contributed by atoms with E-state index in [0.717, 1.165) is 16.9 Å². The van der Waals surface area contributed by atoms with E-state index >= 15 is 0 Å². The van der Waals surface area contributed by atoms with Crippen molar-refractivity contribution in [3.05, 3.63) is 59.7 Å². The van der Waals surface area contributed by atoms with E-state index in [1.807, 2.05) is 24.3 Å². The molecule has 0 saturated heterocycles. The molecule has 0 heterocycles. The van der Waals surface area contributed by atoms with Crippen LogP contribution >= 0.6 is 0 Å². The van der Waals surface area contributed by atoms with Crippen LogP contribution in [0.25, 0.3) is 0 Å². The molecule has 0 N–H and O–H groups in total. The quantitative estimate of drug-likeness (QED) is 0.602. The van der Waals surface area contributed by atoms with Crippen LogP contribution in [0.15, 0.2) is 58.7 Å². The molecule has 0 aliphatic carbocycles. The number of rotatable bonds is 6. The first kappa shape index (κ1) is 15.6. The molecule has 4 nitrogen and oxygen atoms in total. The number of methoxy groups -OCH3 is 1. The maximum Gasteiger partial charge on any atom is 0.387 e. The molecule has 0 amide bonds. The molecular formula is C16H14F2N2O2. The number of hydrogen-bond donors (Lipinski definition) is 0. The molecule has 0 aromatic heterocycles. The fourth-order valence-corrected chi connectivity index (χ4v) is 1.63. The number of nitrogens with zero attached hydrogens (tertiary/aromatic N) is 2. The Hall–Kier alpha value is -2.76. The Morgan fingerprint density at radius 3 is 1.68 bits per heavy atom. The van der Waals surface area contributed by atoms with Crippen LogP contribution < -0.4 is 9.47 Å². The van der Waals surface area contributed by atoms with Crippen molar-refractivity contribution in [1.82, 2.24) is 0 Å². The molecule has 2 rings (SSSR count). The highest BCUT2D eigenvalue weighted by atomic mass is 19.3. The standard InChI is InChI=1S/C16H14F2N2O2/c1-21-14-6-2-12(3-7-14)10-19-20-11-13-4-8-15(9-5-13)22-16(17)18/h2-11,16H,1H3. The van der Waals surface area contributed by atoms with Gasteiger partial charge in [-0.25, -0.2) is 0 Å². The number of alkyl halides is 2. The van der Waals surface area contributed by atoms with Crippen LogP contribution in [0.1, 0.15) is 11.1 Å². The first-order chi connectivity index (χ1) is 10.7. The number of hydrogen-bond acceptors (Lipinski definition) is 4. The Bertz CT molecular complexity index is 638. The summed E-state index contributed by atoms with van der Waals surface area (Å²) < 4.78 is 33.3. The monoisotopic (exact) mass is 304 g/mol. The molecule has 2 aromatic carbocycles. The third-order valence-corrected chi connectivity index (χ3v) is 2.70. The lowest BCUT2D eigenvalue weighted by Gasteiger charge is -2.03. The lowest BCUT2D eigenvalue weighted by molar-refractivity contribution is -0.0498. The van der Waals surface area contributed by atoms with Gasteiger partial charge in [0.25, 0.3) is 0 Å². The second-order valence-electron chi connectivity index (χ2n) is 4.21. The Balaban J connectivity index is 1.92. The van der Waals surface area contributed by atoms with E-state index in [-0.39, 0.29) is 5.75 Å². The van der Waals surface area contributed by atoms with E-state index < -0.39 is 6.61 Å². The maximum atomic E-state index is 12.0. The summed E-state index contributed by atoms with van der Waals surface area (Å²) in [5, 5.41) is 7.81. The highest BCUT2D eigenvalue weighted by Crippen LogP contribution is 2.14. The molecule has 0 bridgehead atoms. The molecule has 0 atom stereocenters. The summed E-state index contributed by atoms with van der Waals surface area (Å²) in [7, 11) is 1.60. The normalized spacial score (nSPS) is 11.5. The zero-order chi connectivity index (χ0) is 15.8. The van der Waals surface area contributed by atoms with Gasteiger partial charge in [0.15, 0.2) is 0 Å². The van der Waals surface area contributed by atoms with Gasteiger partial charge in [-0.2, -0.15) is 19.0 Å². The van der Waals surface area contributed by atoms with Crippen LogP contribution in [0.5, 0.6) is 11.5 Å². The summed E-state index contributed by atoms with van der Waals surface area (Å²) in [6.07, 6.45) is 3.12. The molecule has 2 aromatic rings. The zero-order valence-corrected chi connectivity index (χ0v) is 11.8. The van der Waals surface area contributed by atoms with Gasteiger partial charge in [0.2, 0.25) is 0 Å². The third kappa shape index (κ3) is 4.97. The zero-order valence-electron chi connectivity index (χ0n) is 11.8. The van der Waals surface area contributed by atoms with Gasteiger partial charge in [-0.1, -0.05) is 0 Å². The van der Waals surface area contributed by atoms with Gasteiger partial charge >= 0.3 is 6.61 Å². The van der Waals surface area contributed by atoms with Crippen molar-refractivity contribution in [2.75, 3.05) is 7.11 Å². The Morgan fingerprint density at radius 1 is 0.818 bits per heavy atom. The summed E-state index contributed by atoms with van der Waals surface area (Å²) in [6, 6.07) is 13.5. The Morgan fingerprint density at radius 2 is 1.27 bits per heavy atom. The largest absolute Gasteiger partial charge is 0.497 e. The second-order valence-corrected chi connectivity index (χ2v) is 4.21. The number of ether oxygens (including phenoxy) is 2. The molecule has 0 aliphatic heterocycles. The van der Waals surface area contributed by atoms with Gasteiger partial charge in [-0.15, -0.1) is 0 Å². The van der Waals surface area contributed by atoms with Crippen molar-refractivity contribution in [3.8, 4) is 11.5 Å². The Labute approximate surface area is 126 Å². The summed E-state index contributed by atoms with van der Waals surface area (Å²) in [4.78, 5) is 0. The fourth-order valence-electron chi connectivity index (χ4n) is 1.63. The summed E-state index contributed by atoms with van der Waals surface area (Å²) in [6.45, 7) is -2.83. The van der Waals surface area contributed by atoms with Crippen LogP contribution in [0, 0.1) is 0 Å². The highest BCUT2D eigenvalue weighted by molar-refractivity contribution is 5.82. The lowest BCUT2D eigenvalue weighted by Crippen LogP contribution is -2.01. The van der Waals surface area contributed by atoms with E-state index in [4.69, 9.17) is 4.74 Å². The SMILES string of the molecule is COc1ccc(C=NN=Cc2ccc(OC(F)F)cc2)cc1. The van der Waals surface area contributed by atoms with Crippen LogP contribution in [0.3, 0.4) is 0 Å². The first-order valence-corrected chi connectivity index (χ1v) is 6.43. The maximum absolute atomic E-state index is 12.0. The van der Waals surface area contributed by atoms with E-state index in [1.54, 1.807) is 25.5 Å². The van der Waals surface area contributed by atoms with Crippen molar-refractivity contribution >= 4 is 12.4 Å². The molecule has 0 radical (unpaired) electrons. The molecule has 0 spiro atoms. The average Bonchev–Trinajstić information content (AvgIpc) is 2.53. The Kier molecular flexibility index (Phi) is 5.59. The van der Waals surface area contributed by atoms with Crippen molar-refractivity contribution in [1.29, 1.82) is 0 Å². The van der Waals surface area contributed by atoms with E-state index in [1.165, 1.54) is 18.3 Å². The smallest absolute Gasteiger partial charge is 0.387 e. The molecular weight excluding hydrogens is 290 g/mol. The predicted molar refractivity (Wildman–Crippen MR) is 81.3 cm³/mol. The highest BCUT2D eigenvalue weighted by Gasteiger charge is 2.02. The topological polar surface area (TPSA) is 43.2 Å². The van der Waals surface area contributed by atoms with Crippen LogP contribution in [-0.4, -0.2) is 26.2 Å². The van der Waals surface area contributed by atoms with Crippen molar-refractivity contribution in [3.63, 3.8) is 0 Å². The molecule has 0 saturated carbocycles. The first-order valence-electron chi connectivity index (χ1n) is 6.43. The number of benzene rings is 2. The van der Waals surface area contributed by atoms with Crippen molar-refractivity contribution < 1.29 is 18.3 Å². The van der Waals surface area contributed by atoms with Gasteiger partial charge in [0.1, 0.15) is 11.5 Å². The van der Waals surface area contributed by atoms with Gasteiger partial charge < -0.3 is 9.47 Å². The third-order valence-electron chi connectivity index (χ3n) is 2.70. The average molecular weight is 304 g/mol. The molecule has 22 heavy (non-hydrogen) atoms. The van der Waals surface area contributed by atoms with Crippen molar-refractivity contribution in [2.24, 2.45) is 10.2 Å². The molecule has 114 valence electrons. The van der Waals surface area contributed by atoms with Gasteiger partial charge in [0, 0.05) is 0 Å². The predicted octanol–water partition coefficient (Wildman–Crippen LogP) is 3.75. The lowest BCUT2D eigenvalue weighted by atomic mass is 10.2. The van der Waals surface area contributed by atoms with Gasteiger partial charge in [-0.05, 0) is 59.7 Å². The fraction of sp³-hybridized carbons (Fsp3) is 0.125. The minimum Gasteiger partial charge on any atom is -0.497 e. The van der Waals surface area contributed by atoms with Crippen LogP contribution in [-0.2, 0) is 0 Å². The second kappa shape index (κ2) is 7.87. The summed E-state index contributed by atoms with van der Waals surface area (Å²) >= 11 is 0. The minimum absolute atomic E-state index is 0.105. The molecule has 6 heteroatoms. The van der Waals surface area contributed by atoms with E-state index in [2.05, 4.69) is 14.9 Å². The molecule has 0 fully saturated rings. The van der Waals surface area contributed by atoms with Crippen LogP contribution in [0.4, 0.5) is 8.78 Å². The van der Waals surface area contributed by atoms with Gasteiger partial charge in [-0.3, -0.25) is 0 Å². The molecule has 0 unspecified atom stereocenters. The van der Waals surface area contributed by atoms with Crippen molar-refractivity contribution in [2.45, 2.75) is 6.61 Å². The van der Waals surface area contributed by atoms with E-state index in [0.29, 0.717) is 0 Å². The van der Waals surface area contributed by atoms with E-state index in [9.17, 15) is 8.78 Å². The van der Waals surface area contributed by atoms with Gasteiger partial charge in [0.05, 0.1) is 19.5 Å². The minimum atomic E-state index is -2.83. The van der Waals surface area contributed by atoms with Crippen LogP contribution in [0.2, 0.25) is 0 Å².